The number of para-hydroxylation sites is 1. The molecule has 0 radical (unpaired) electrons. The van der Waals surface area contributed by atoms with Crippen molar-refractivity contribution in [3.8, 4) is 17.1 Å². The van der Waals surface area contributed by atoms with Crippen LogP contribution in [-0.2, 0) is 11.2 Å². The topological polar surface area (TPSA) is 77.2 Å². The van der Waals surface area contributed by atoms with Gasteiger partial charge in [0.2, 0.25) is 17.6 Å². The quantitative estimate of drug-likeness (QED) is 0.697. The van der Waals surface area contributed by atoms with Gasteiger partial charge in [0.25, 0.3) is 0 Å². The number of halogens is 1. The molecule has 7 heteroatoms. The van der Waals surface area contributed by atoms with E-state index in [0.29, 0.717) is 36.2 Å². The van der Waals surface area contributed by atoms with E-state index < -0.39 is 0 Å². The lowest BCUT2D eigenvalue weighted by Crippen LogP contribution is -2.12. The fraction of sp³-hybridized carbons (Fsp3) is 0.211. The average Bonchev–Trinajstić information content (AvgIpc) is 3.12. The van der Waals surface area contributed by atoms with Crippen molar-refractivity contribution in [2.75, 3.05) is 11.9 Å². The molecule has 2 aromatic carbocycles. The van der Waals surface area contributed by atoms with Crippen molar-refractivity contribution in [1.82, 2.24) is 10.1 Å². The summed E-state index contributed by atoms with van der Waals surface area (Å²) < 4.78 is 23.6. The number of ether oxygens (including phenoxy) is 1. The predicted octanol–water partition coefficient (Wildman–Crippen LogP) is 3.85. The molecular formula is C19H18FN3O3. The molecule has 0 saturated heterocycles. The normalized spacial score (nSPS) is 10.5. The van der Waals surface area contributed by atoms with Gasteiger partial charge in [0.05, 0.1) is 12.2 Å². The molecule has 1 amide bonds. The number of carbonyl (C=O) groups excluding carboxylic acids is 1. The highest BCUT2D eigenvalue weighted by Gasteiger charge is 2.14. The molecule has 3 rings (SSSR count). The van der Waals surface area contributed by atoms with Gasteiger partial charge < -0.3 is 14.6 Å². The minimum Gasteiger partial charge on any atom is -0.493 e. The highest BCUT2D eigenvalue weighted by atomic mass is 19.1. The third kappa shape index (κ3) is 4.44. The van der Waals surface area contributed by atoms with E-state index in [1.54, 1.807) is 0 Å². The smallest absolute Gasteiger partial charge is 0.227 e. The van der Waals surface area contributed by atoms with Gasteiger partial charge in [-0.25, -0.2) is 4.39 Å². The Morgan fingerprint density at radius 2 is 1.96 bits per heavy atom. The SMILES string of the molecule is CCOc1ccccc1-c1noc(CCC(=O)Nc2ccc(F)cc2)n1. The van der Waals surface area contributed by atoms with E-state index in [0.717, 1.165) is 5.56 Å². The van der Waals surface area contributed by atoms with Crippen molar-refractivity contribution >= 4 is 11.6 Å². The second-order valence-corrected chi connectivity index (χ2v) is 5.50. The molecule has 0 aliphatic carbocycles. The molecule has 1 heterocycles. The Kier molecular flexibility index (Phi) is 5.58. The molecular weight excluding hydrogens is 337 g/mol. The van der Waals surface area contributed by atoms with Gasteiger partial charge in [0.1, 0.15) is 11.6 Å². The van der Waals surface area contributed by atoms with Crippen LogP contribution in [0.3, 0.4) is 0 Å². The highest BCUT2D eigenvalue weighted by Crippen LogP contribution is 2.27. The second kappa shape index (κ2) is 8.24. The first kappa shape index (κ1) is 17.6. The maximum Gasteiger partial charge on any atom is 0.227 e. The molecule has 0 spiro atoms. The molecule has 26 heavy (non-hydrogen) atoms. The first-order chi connectivity index (χ1) is 12.7. The van der Waals surface area contributed by atoms with E-state index in [1.165, 1.54) is 24.3 Å². The van der Waals surface area contributed by atoms with Crippen molar-refractivity contribution in [3.05, 3.63) is 60.2 Å². The van der Waals surface area contributed by atoms with E-state index in [4.69, 9.17) is 9.26 Å². The number of aryl methyl sites for hydroxylation is 1. The minimum atomic E-state index is -0.353. The first-order valence-corrected chi connectivity index (χ1v) is 8.26. The predicted molar refractivity (Wildman–Crippen MR) is 94.3 cm³/mol. The summed E-state index contributed by atoms with van der Waals surface area (Å²) in [6, 6.07) is 13.0. The molecule has 0 fully saturated rings. The Labute approximate surface area is 150 Å². The van der Waals surface area contributed by atoms with Crippen LogP contribution in [0.4, 0.5) is 10.1 Å². The van der Waals surface area contributed by atoms with Gasteiger partial charge >= 0.3 is 0 Å². The Hall–Kier alpha value is -3.22. The summed E-state index contributed by atoms with van der Waals surface area (Å²) in [7, 11) is 0. The number of amides is 1. The third-order valence-electron chi connectivity index (χ3n) is 3.59. The lowest BCUT2D eigenvalue weighted by Gasteiger charge is -2.06. The molecule has 134 valence electrons. The van der Waals surface area contributed by atoms with Crippen molar-refractivity contribution in [2.45, 2.75) is 19.8 Å². The molecule has 6 nitrogen and oxygen atoms in total. The maximum atomic E-state index is 12.9. The Morgan fingerprint density at radius 3 is 2.73 bits per heavy atom. The summed E-state index contributed by atoms with van der Waals surface area (Å²) in [6.07, 6.45) is 0.475. The van der Waals surface area contributed by atoms with E-state index in [9.17, 15) is 9.18 Å². The third-order valence-corrected chi connectivity index (χ3v) is 3.59. The first-order valence-electron chi connectivity index (χ1n) is 8.26. The average molecular weight is 355 g/mol. The Balaban J connectivity index is 1.60. The molecule has 0 aliphatic heterocycles. The minimum absolute atomic E-state index is 0.173. The molecule has 0 aliphatic rings. The van der Waals surface area contributed by atoms with Crippen LogP contribution >= 0.6 is 0 Å². The lowest BCUT2D eigenvalue weighted by molar-refractivity contribution is -0.116. The summed E-state index contributed by atoms with van der Waals surface area (Å²) in [5, 5.41) is 6.65. The summed E-state index contributed by atoms with van der Waals surface area (Å²) >= 11 is 0. The molecule has 0 bridgehead atoms. The summed E-state index contributed by atoms with van der Waals surface area (Å²) in [6.45, 7) is 2.43. The fourth-order valence-corrected chi connectivity index (χ4v) is 2.38. The number of nitrogens with zero attached hydrogens (tertiary/aromatic N) is 2. The standard InChI is InChI=1S/C19H18FN3O3/c1-2-25-16-6-4-3-5-15(16)19-22-18(26-23-19)12-11-17(24)21-14-9-7-13(20)8-10-14/h3-10H,2,11-12H2,1H3,(H,21,24). The lowest BCUT2D eigenvalue weighted by atomic mass is 10.2. The van der Waals surface area contributed by atoms with Gasteiger partial charge in [-0.15, -0.1) is 0 Å². The molecule has 1 aromatic heterocycles. The van der Waals surface area contributed by atoms with Gasteiger partial charge in [0.15, 0.2) is 0 Å². The monoisotopic (exact) mass is 355 g/mol. The van der Waals surface area contributed by atoms with Crippen molar-refractivity contribution in [2.24, 2.45) is 0 Å². The number of anilines is 1. The van der Waals surface area contributed by atoms with Crippen molar-refractivity contribution < 1.29 is 18.4 Å². The van der Waals surface area contributed by atoms with Gasteiger partial charge in [-0.1, -0.05) is 17.3 Å². The summed E-state index contributed by atoms with van der Waals surface area (Å²) in [5.41, 5.74) is 1.27. The Bertz CT molecular complexity index is 878. The van der Waals surface area contributed by atoms with Crippen LogP contribution in [0, 0.1) is 5.82 Å². The van der Waals surface area contributed by atoms with Crippen molar-refractivity contribution in [3.63, 3.8) is 0 Å². The van der Waals surface area contributed by atoms with Gasteiger partial charge in [-0.05, 0) is 43.3 Å². The van der Waals surface area contributed by atoms with Gasteiger partial charge in [-0.3, -0.25) is 4.79 Å². The highest BCUT2D eigenvalue weighted by molar-refractivity contribution is 5.90. The zero-order chi connectivity index (χ0) is 18.4. The molecule has 3 aromatic rings. The number of rotatable bonds is 7. The van der Waals surface area contributed by atoms with Crippen LogP contribution in [0.2, 0.25) is 0 Å². The van der Waals surface area contributed by atoms with Crippen LogP contribution in [0.25, 0.3) is 11.4 Å². The fourth-order valence-electron chi connectivity index (χ4n) is 2.38. The largest absolute Gasteiger partial charge is 0.493 e. The van der Waals surface area contributed by atoms with E-state index in [-0.39, 0.29) is 18.1 Å². The van der Waals surface area contributed by atoms with Crippen LogP contribution in [0.15, 0.2) is 53.1 Å². The maximum absolute atomic E-state index is 12.9. The molecule has 1 N–H and O–H groups in total. The zero-order valence-electron chi connectivity index (χ0n) is 14.2. The second-order valence-electron chi connectivity index (χ2n) is 5.50. The van der Waals surface area contributed by atoms with Crippen LogP contribution < -0.4 is 10.1 Å². The van der Waals surface area contributed by atoms with Gasteiger partial charge in [-0.2, -0.15) is 4.98 Å². The van der Waals surface area contributed by atoms with Crippen LogP contribution in [0.5, 0.6) is 5.75 Å². The molecule has 0 saturated carbocycles. The van der Waals surface area contributed by atoms with E-state index in [2.05, 4.69) is 15.5 Å². The summed E-state index contributed by atoms with van der Waals surface area (Å²) in [4.78, 5) is 16.3. The number of aromatic nitrogens is 2. The van der Waals surface area contributed by atoms with Gasteiger partial charge in [0, 0.05) is 18.5 Å². The van der Waals surface area contributed by atoms with E-state index >= 15 is 0 Å². The Morgan fingerprint density at radius 1 is 1.19 bits per heavy atom. The van der Waals surface area contributed by atoms with Crippen molar-refractivity contribution in [1.29, 1.82) is 0 Å². The number of hydrogen-bond acceptors (Lipinski definition) is 5. The van der Waals surface area contributed by atoms with Crippen LogP contribution in [0.1, 0.15) is 19.2 Å². The number of benzene rings is 2. The number of hydrogen-bond donors (Lipinski definition) is 1. The number of carbonyl (C=O) groups is 1. The summed E-state index contributed by atoms with van der Waals surface area (Å²) in [5.74, 6) is 0.889. The zero-order valence-corrected chi connectivity index (χ0v) is 14.2. The van der Waals surface area contributed by atoms with E-state index in [1.807, 2.05) is 31.2 Å². The van der Waals surface area contributed by atoms with Crippen LogP contribution in [-0.4, -0.2) is 22.7 Å². The molecule has 0 atom stereocenters. The number of nitrogens with one attached hydrogen (secondary N) is 1. The molecule has 0 unspecified atom stereocenters.